The normalized spacial score (nSPS) is 21.4. The maximum absolute atomic E-state index is 3.56. The van der Waals surface area contributed by atoms with Crippen LogP contribution >= 0.6 is 0 Å². The van der Waals surface area contributed by atoms with Gasteiger partial charge < -0.3 is 5.32 Å². The van der Waals surface area contributed by atoms with Crippen molar-refractivity contribution in [1.82, 2.24) is 5.32 Å². The van der Waals surface area contributed by atoms with Crippen molar-refractivity contribution in [2.45, 2.75) is 39.2 Å². The second-order valence-electron chi connectivity index (χ2n) is 4.37. The van der Waals surface area contributed by atoms with Crippen LogP contribution in [0.2, 0.25) is 0 Å². The second-order valence-corrected chi connectivity index (χ2v) is 4.37. The van der Waals surface area contributed by atoms with Gasteiger partial charge in [-0.15, -0.1) is 0 Å². The summed E-state index contributed by atoms with van der Waals surface area (Å²) in [6.45, 7) is 5.64. The number of hydrogen-bond donors (Lipinski definition) is 1. The number of rotatable bonds is 2. The fourth-order valence-corrected chi connectivity index (χ4v) is 2.35. The molecule has 0 radical (unpaired) electrons. The Morgan fingerprint density at radius 3 is 2.57 bits per heavy atom. The van der Waals surface area contributed by atoms with E-state index in [0.29, 0.717) is 0 Å². The highest BCUT2D eigenvalue weighted by Crippen LogP contribution is 2.18. The van der Waals surface area contributed by atoms with E-state index in [4.69, 9.17) is 0 Å². The molecular weight excluding hydrogens is 170 g/mol. The first-order valence-electron chi connectivity index (χ1n) is 5.56. The van der Waals surface area contributed by atoms with E-state index >= 15 is 0 Å². The Hall–Kier alpha value is -0.820. The minimum Gasteiger partial charge on any atom is -0.314 e. The molecular formula is C13H19N. The minimum absolute atomic E-state index is 0.717. The van der Waals surface area contributed by atoms with E-state index in [1.54, 1.807) is 5.56 Å². The van der Waals surface area contributed by atoms with Crippen LogP contribution in [0.15, 0.2) is 18.2 Å². The Morgan fingerprint density at radius 1 is 1.29 bits per heavy atom. The molecule has 0 aromatic heterocycles. The van der Waals surface area contributed by atoms with Gasteiger partial charge in [0, 0.05) is 6.04 Å². The van der Waals surface area contributed by atoms with E-state index < -0.39 is 0 Å². The zero-order chi connectivity index (χ0) is 9.97. The van der Waals surface area contributed by atoms with Gasteiger partial charge in [0.25, 0.3) is 0 Å². The van der Waals surface area contributed by atoms with E-state index in [-0.39, 0.29) is 0 Å². The van der Waals surface area contributed by atoms with Crippen molar-refractivity contribution >= 4 is 0 Å². The van der Waals surface area contributed by atoms with Gasteiger partial charge >= 0.3 is 0 Å². The molecule has 76 valence electrons. The molecule has 1 saturated heterocycles. The monoisotopic (exact) mass is 189 g/mol. The van der Waals surface area contributed by atoms with Crippen LogP contribution in [0.25, 0.3) is 0 Å². The first-order valence-corrected chi connectivity index (χ1v) is 5.56. The summed E-state index contributed by atoms with van der Waals surface area (Å²) in [7, 11) is 0. The van der Waals surface area contributed by atoms with Crippen molar-refractivity contribution in [2.24, 2.45) is 0 Å². The minimum atomic E-state index is 0.717. The fraction of sp³-hybridized carbons (Fsp3) is 0.538. The first kappa shape index (κ1) is 9.72. The van der Waals surface area contributed by atoms with Gasteiger partial charge in [-0.2, -0.15) is 0 Å². The highest BCUT2D eigenvalue weighted by atomic mass is 14.9. The maximum Gasteiger partial charge on any atom is 0.0108 e. The predicted octanol–water partition coefficient (Wildman–Crippen LogP) is 2.60. The van der Waals surface area contributed by atoms with Gasteiger partial charge in [-0.25, -0.2) is 0 Å². The zero-order valence-electron chi connectivity index (χ0n) is 9.14. The molecule has 1 aromatic carbocycles. The van der Waals surface area contributed by atoms with E-state index in [2.05, 4.69) is 37.4 Å². The van der Waals surface area contributed by atoms with Crippen LogP contribution in [0.1, 0.15) is 29.5 Å². The Morgan fingerprint density at radius 2 is 2.00 bits per heavy atom. The van der Waals surface area contributed by atoms with Gasteiger partial charge in [0.1, 0.15) is 0 Å². The zero-order valence-corrected chi connectivity index (χ0v) is 9.14. The number of nitrogens with one attached hydrogen (secondary N) is 1. The summed E-state index contributed by atoms with van der Waals surface area (Å²) in [6.07, 6.45) is 3.89. The van der Waals surface area contributed by atoms with Crippen molar-refractivity contribution < 1.29 is 0 Å². The molecule has 0 amide bonds. The van der Waals surface area contributed by atoms with E-state index in [1.807, 2.05) is 0 Å². The first-order chi connectivity index (χ1) is 6.77. The average Bonchev–Trinajstić information content (AvgIpc) is 2.64. The summed E-state index contributed by atoms with van der Waals surface area (Å²) in [5.74, 6) is 0. The number of aryl methyl sites for hydroxylation is 2. The van der Waals surface area contributed by atoms with Crippen molar-refractivity contribution in [3.63, 3.8) is 0 Å². The quantitative estimate of drug-likeness (QED) is 0.754. The molecule has 1 N–H and O–H groups in total. The molecule has 1 fully saturated rings. The maximum atomic E-state index is 3.56. The lowest BCUT2D eigenvalue weighted by Crippen LogP contribution is -2.24. The lowest BCUT2D eigenvalue weighted by molar-refractivity contribution is 0.600. The lowest BCUT2D eigenvalue weighted by atomic mass is 9.96. The molecule has 2 rings (SSSR count). The largest absolute Gasteiger partial charge is 0.314 e. The van der Waals surface area contributed by atoms with Gasteiger partial charge in [-0.05, 0) is 56.3 Å². The highest BCUT2D eigenvalue weighted by Gasteiger charge is 2.15. The molecule has 1 aliphatic rings. The van der Waals surface area contributed by atoms with E-state index in [1.165, 1.54) is 36.9 Å². The fourth-order valence-electron chi connectivity index (χ4n) is 2.35. The molecule has 1 heterocycles. The third-order valence-corrected chi connectivity index (χ3v) is 3.26. The number of benzene rings is 1. The summed E-state index contributed by atoms with van der Waals surface area (Å²) in [4.78, 5) is 0. The van der Waals surface area contributed by atoms with Crippen molar-refractivity contribution in [3.8, 4) is 0 Å². The standard InChI is InChI=1S/C13H19N/c1-10-5-3-6-11(2)13(10)9-12-7-4-8-14-12/h3,5-6,12,14H,4,7-9H2,1-2H3. The van der Waals surface area contributed by atoms with Crippen LogP contribution in [0.4, 0.5) is 0 Å². The van der Waals surface area contributed by atoms with Crippen LogP contribution in [-0.2, 0) is 6.42 Å². The van der Waals surface area contributed by atoms with E-state index in [9.17, 15) is 0 Å². The predicted molar refractivity (Wildman–Crippen MR) is 60.6 cm³/mol. The smallest absolute Gasteiger partial charge is 0.0108 e. The lowest BCUT2D eigenvalue weighted by Gasteiger charge is -2.14. The second kappa shape index (κ2) is 4.14. The molecule has 0 saturated carbocycles. The Labute approximate surface area is 86.5 Å². The summed E-state index contributed by atoms with van der Waals surface area (Å²) in [5, 5.41) is 3.56. The molecule has 1 atom stereocenters. The van der Waals surface area contributed by atoms with Gasteiger partial charge in [0.2, 0.25) is 0 Å². The summed E-state index contributed by atoms with van der Waals surface area (Å²) >= 11 is 0. The number of hydrogen-bond acceptors (Lipinski definition) is 1. The van der Waals surface area contributed by atoms with Crippen molar-refractivity contribution in [1.29, 1.82) is 0 Å². The summed E-state index contributed by atoms with van der Waals surface area (Å²) in [5.41, 5.74) is 4.43. The van der Waals surface area contributed by atoms with Crippen LogP contribution in [0, 0.1) is 13.8 Å². The third-order valence-electron chi connectivity index (χ3n) is 3.26. The van der Waals surface area contributed by atoms with Gasteiger partial charge in [-0.3, -0.25) is 0 Å². The molecule has 1 heteroatoms. The average molecular weight is 189 g/mol. The van der Waals surface area contributed by atoms with Gasteiger partial charge in [0.05, 0.1) is 0 Å². The van der Waals surface area contributed by atoms with Gasteiger partial charge in [-0.1, -0.05) is 18.2 Å². The van der Waals surface area contributed by atoms with Crippen molar-refractivity contribution in [3.05, 3.63) is 34.9 Å². The van der Waals surface area contributed by atoms with Gasteiger partial charge in [0.15, 0.2) is 0 Å². The highest BCUT2D eigenvalue weighted by molar-refractivity contribution is 5.34. The van der Waals surface area contributed by atoms with E-state index in [0.717, 1.165) is 6.04 Å². The van der Waals surface area contributed by atoms with Crippen LogP contribution in [0.5, 0.6) is 0 Å². The molecule has 14 heavy (non-hydrogen) atoms. The molecule has 0 spiro atoms. The van der Waals surface area contributed by atoms with Crippen LogP contribution in [-0.4, -0.2) is 12.6 Å². The molecule has 0 aliphatic carbocycles. The molecule has 1 unspecified atom stereocenters. The molecule has 1 aliphatic heterocycles. The Kier molecular flexibility index (Phi) is 2.87. The summed E-state index contributed by atoms with van der Waals surface area (Å²) < 4.78 is 0. The summed E-state index contributed by atoms with van der Waals surface area (Å²) in [6, 6.07) is 7.31. The topological polar surface area (TPSA) is 12.0 Å². The van der Waals surface area contributed by atoms with Crippen molar-refractivity contribution in [2.75, 3.05) is 6.54 Å². The van der Waals surface area contributed by atoms with Crippen LogP contribution in [0.3, 0.4) is 0 Å². The van der Waals surface area contributed by atoms with Crippen LogP contribution < -0.4 is 5.32 Å². The molecule has 1 nitrogen and oxygen atoms in total. The SMILES string of the molecule is Cc1cccc(C)c1CC1CCCN1. The Balaban J connectivity index is 2.14. The molecule has 1 aromatic rings. The Bertz CT molecular complexity index is 291. The molecule has 0 bridgehead atoms. The third kappa shape index (κ3) is 1.98.